The minimum absolute atomic E-state index is 0.0921. The lowest BCUT2D eigenvalue weighted by atomic mass is 10.1. The van der Waals surface area contributed by atoms with Gasteiger partial charge in [0.1, 0.15) is 5.75 Å². The van der Waals surface area contributed by atoms with Gasteiger partial charge in [0, 0.05) is 25.2 Å². The second kappa shape index (κ2) is 10.9. The maximum atomic E-state index is 12.8. The van der Waals surface area contributed by atoms with E-state index in [1.165, 1.54) is 24.0 Å². The van der Waals surface area contributed by atoms with E-state index in [0.717, 1.165) is 0 Å². The largest absolute Gasteiger partial charge is 0.493 e. The number of likely N-dealkylation sites (N-methyl/N-ethyl adjacent to an activating group) is 1. The molecule has 1 unspecified atom stereocenters. The second-order valence-electron chi connectivity index (χ2n) is 8.14. The Labute approximate surface area is 204 Å². The van der Waals surface area contributed by atoms with Crippen LogP contribution in [-0.4, -0.2) is 75.8 Å². The number of alkyl halides is 1. The Morgan fingerprint density at radius 1 is 1.29 bits per heavy atom. The van der Waals surface area contributed by atoms with Crippen LogP contribution in [0.1, 0.15) is 19.5 Å². The average molecular weight is 512 g/mol. The SMILES string of the molecule is CCOc1ccc(S(=O)(=O)NCCN(C)C)cc1-c1cc2c([nH]1)CNCN2C(=O)C(=O)C(C)Cl. The number of sulfonamides is 1. The quantitative estimate of drug-likeness (QED) is 0.326. The highest BCUT2D eigenvalue weighted by atomic mass is 35.5. The molecule has 0 spiro atoms. The van der Waals surface area contributed by atoms with Gasteiger partial charge in [-0.2, -0.15) is 0 Å². The van der Waals surface area contributed by atoms with Gasteiger partial charge in [0.2, 0.25) is 15.8 Å². The Morgan fingerprint density at radius 3 is 2.68 bits per heavy atom. The summed E-state index contributed by atoms with van der Waals surface area (Å²) in [7, 11) is -0.0242. The van der Waals surface area contributed by atoms with E-state index in [1.54, 1.807) is 12.1 Å². The van der Waals surface area contributed by atoms with Crippen LogP contribution in [0.5, 0.6) is 5.75 Å². The van der Waals surface area contributed by atoms with Gasteiger partial charge in [-0.15, -0.1) is 11.6 Å². The number of amides is 1. The second-order valence-corrected chi connectivity index (χ2v) is 10.6. The molecule has 12 heteroatoms. The molecule has 1 amide bonds. The van der Waals surface area contributed by atoms with Crippen LogP contribution < -0.4 is 19.7 Å². The predicted molar refractivity (Wildman–Crippen MR) is 131 cm³/mol. The Bertz CT molecular complexity index is 1160. The standard InChI is InChI=1S/C22H30ClN5O5S/c1-5-33-20-7-6-15(34(31,32)25-8-9-27(3)4)10-16(20)17-11-19-18(26-17)12-24-13-28(19)22(30)21(29)14(2)23/h6-7,10-11,14,24-26H,5,8-9,12-13H2,1-4H3. The van der Waals surface area contributed by atoms with Crippen LogP contribution in [0.4, 0.5) is 5.69 Å². The van der Waals surface area contributed by atoms with Crippen LogP contribution in [0.2, 0.25) is 0 Å². The number of rotatable bonds is 10. The van der Waals surface area contributed by atoms with Crippen LogP contribution in [0, 0.1) is 0 Å². The lowest BCUT2D eigenvalue weighted by molar-refractivity contribution is -0.136. The number of ether oxygens (including phenoxy) is 1. The Morgan fingerprint density at radius 2 is 2.03 bits per heavy atom. The zero-order valence-corrected chi connectivity index (χ0v) is 21.2. The van der Waals surface area contributed by atoms with E-state index in [9.17, 15) is 18.0 Å². The molecule has 3 rings (SSSR count). The number of nitrogens with zero attached hydrogens (tertiary/aromatic N) is 2. The van der Waals surface area contributed by atoms with Gasteiger partial charge in [0.25, 0.3) is 5.91 Å². The third-order valence-electron chi connectivity index (χ3n) is 5.26. The number of aromatic amines is 1. The van der Waals surface area contributed by atoms with Crippen molar-refractivity contribution in [2.24, 2.45) is 0 Å². The number of hydrogen-bond donors (Lipinski definition) is 3. The summed E-state index contributed by atoms with van der Waals surface area (Å²) in [6, 6.07) is 6.35. The fourth-order valence-corrected chi connectivity index (χ4v) is 4.66. The molecule has 2 heterocycles. The molecule has 1 aliphatic heterocycles. The number of nitrogens with one attached hydrogen (secondary N) is 3. The zero-order chi connectivity index (χ0) is 25.0. The van der Waals surface area contributed by atoms with Gasteiger partial charge in [0.15, 0.2) is 0 Å². The fraction of sp³-hybridized carbons (Fsp3) is 0.455. The van der Waals surface area contributed by atoms with Crippen molar-refractivity contribution in [3.63, 3.8) is 0 Å². The maximum Gasteiger partial charge on any atom is 0.297 e. The van der Waals surface area contributed by atoms with E-state index in [-0.39, 0.29) is 18.1 Å². The van der Waals surface area contributed by atoms with Crippen molar-refractivity contribution in [1.82, 2.24) is 19.9 Å². The van der Waals surface area contributed by atoms with Gasteiger partial charge in [0.05, 0.1) is 40.6 Å². The summed E-state index contributed by atoms with van der Waals surface area (Å²) in [4.78, 5) is 31.4. The topological polar surface area (TPSA) is 124 Å². The first-order valence-corrected chi connectivity index (χ1v) is 12.8. The minimum Gasteiger partial charge on any atom is -0.493 e. The van der Waals surface area contributed by atoms with E-state index in [0.29, 0.717) is 48.1 Å². The van der Waals surface area contributed by atoms with Gasteiger partial charge in [-0.25, -0.2) is 13.1 Å². The zero-order valence-electron chi connectivity index (χ0n) is 19.6. The number of aromatic nitrogens is 1. The Balaban J connectivity index is 2.00. The molecular weight excluding hydrogens is 482 g/mol. The number of benzene rings is 1. The molecule has 0 saturated carbocycles. The molecule has 3 N–H and O–H groups in total. The summed E-state index contributed by atoms with van der Waals surface area (Å²) < 4.78 is 34.0. The highest BCUT2D eigenvalue weighted by Crippen LogP contribution is 2.36. The molecular formula is C22H30ClN5O5S. The van der Waals surface area contributed by atoms with E-state index in [4.69, 9.17) is 16.3 Å². The van der Waals surface area contributed by atoms with Crippen molar-refractivity contribution in [1.29, 1.82) is 0 Å². The third kappa shape index (κ3) is 5.78. The van der Waals surface area contributed by atoms with Gasteiger partial charge in [-0.05, 0) is 52.2 Å². The minimum atomic E-state index is -3.75. The van der Waals surface area contributed by atoms with Crippen molar-refractivity contribution in [2.45, 2.75) is 30.7 Å². The number of H-pyrrole nitrogens is 1. The third-order valence-corrected chi connectivity index (χ3v) is 6.91. The number of halogens is 1. The number of hydrogen-bond acceptors (Lipinski definition) is 7. The van der Waals surface area contributed by atoms with Crippen LogP contribution in [-0.2, 0) is 26.2 Å². The maximum absolute atomic E-state index is 12.8. The smallest absolute Gasteiger partial charge is 0.297 e. The highest BCUT2D eigenvalue weighted by molar-refractivity contribution is 7.89. The van der Waals surface area contributed by atoms with Crippen molar-refractivity contribution in [3.8, 4) is 17.0 Å². The summed E-state index contributed by atoms with van der Waals surface area (Å²) in [5.41, 5.74) is 2.30. The molecule has 1 atom stereocenters. The molecule has 0 aliphatic carbocycles. The van der Waals surface area contributed by atoms with Gasteiger partial charge >= 0.3 is 0 Å². The first-order valence-electron chi connectivity index (χ1n) is 10.9. The van der Waals surface area contributed by atoms with E-state index in [1.807, 2.05) is 25.9 Å². The van der Waals surface area contributed by atoms with E-state index < -0.39 is 27.1 Å². The van der Waals surface area contributed by atoms with Crippen molar-refractivity contribution < 1.29 is 22.7 Å². The van der Waals surface area contributed by atoms with Crippen molar-refractivity contribution in [3.05, 3.63) is 30.0 Å². The molecule has 34 heavy (non-hydrogen) atoms. The van der Waals surface area contributed by atoms with E-state index in [2.05, 4.69) is 15.0 Å². The number of fused-ring (bicyclic) bond motifs is 1. The molecule has 1 aromatic heterocycles. The summed E-state index contributed by atoms with van der Waals surface area (Å²) in [6.07, 6.45) is 0. The van der Waals surface area contributed by atoms with E-state index >= 15 is 0 Å². The van der Waals surface area contributed by atoms with Crippen LogP contribution in [0.25, 0.3) is 11.3 Å². The first-order chi connectivity index (χ1) is 16.0. The molecule has 0 bridgehead atoms. The summed E-state index contributed by atoms with van der Waals surface area (Å²) in [6.45, 7) is 5.09. The molecule has 0 radical (unpaired) electrons. The summed E-state index contributed by atoms with van der Waals surface area (Å²) in [5, 5.41) is 2.13. The van der Waals surface area contributed by atoms with Crippen molar-refractivity contribution >= 4 is 39.0 Å². The number of Topliss-reactive ketones (excluding diaryl/α,β-unsaturated/α-hetero) is 1. The predicted octanol–water partition coefficient (Wildman–Crippen LogP) is 1.51. The van der Waals surface area contributed by atoms with Crippen LogP contribution in [0.15, 0.2) is 29.2 Å². The number of carbonyl (C=O) groups excluding carboxylic acids is 2. The molecule has 2 aromatic rings. The number of carbonyl (C=O) groups is 2. The monoisotopic (exact) mass is 511 g/mol. The van der Waals surface area contributed by atoms with Crippen molar-refractivity contribution in [2.75, 3.05) is 45.4 Å². The van der Waals surface area contributed by atoms with Crippen LogP contribution >= 0.6 is 11.6 Å². The lowest BCUT2D eigenvalue weighted by Gasteiger charge is -2.27. The molecule has 0 fully saturated rings. The summed E-state index contributed by atoms with van der Waals surface area (Å²) >= 11 is 5.83. The Hall–Kier alpha value is -2.44. The normalized spacial score (nSPS) is 14.7. The molecule has 1 aromatic carbocycles. The lowest BCUT2D eigenvalue weighted by Crippen LogP contribution is -2.47. The fourth-order valence-electron chi connectivity index (χ4n) is 3.52. The molecule has 186 valence electrons. The van der Waals surface area contributed by atoms with Crippen LogP contribution in [0.3, 0.4) is 0 Å². The summed E-state index contributed by atoms with van der Waals surface area (Å²) in [5.74, 6) is -0.927. The number of ketones is 1. The van der Waals surface area contributed by atoms with Gasteiger partial charge in [-0.1, -0.05) is 0 Å². The first kappa shape index (κ1) is 26.2. The molecule has 1 aliphatic rings. The van der Waals surface area contributed by atoms with Gasteiger partial charge in [-0.3, -0.25) is 19.8 Å². The Kier molecular flexibility index (Phi) is 8.37. The highest BCUT2D eigenvalue weighted by Gasteiger charge is 2.31. The number of anilines is 1. The molecule has 10 nitrogen and oxygen atoms in total. The average Bonchev–Trinajstić information content (AvgIpc) is 3.22. The molecule has 0 saturated heterocycles. The van der Waals surface area contributed by atoms with Gasteiger partial charge < -0.3 is 14.6 Å².